The lowest BCUT2D eigenvalue weighted by Gasteiger charge is -2.14. The second-order valence-electron chi connectivity index (χ2n) is 4.79. The highest BCUT2D eigenvalue weighted by molar-refractivity contribution is 5.68. The van der Waals surface area contributed by atoms with Gasteiger partial charge in [-0.25, -0.2) is 0 Å². The van der Waals surface area contributed by atoms with Crippen LogP contribution in [-0.2, 0) is 12.8 Å². The summed E-state index contributed by atoms with van der Waals surface area (Å²) in [5.74, 6) is 0. The molecular formula is C17H17N. The van der Waals surface area contributed by atoms with Gasteiger partial charge in [0.1, 0.15) is 0 Å². The summed E-state index contributed by atoms with van der Waals surface area (Å²) in [5.41, 5.74) is 5.03. The predicted molar refractivity (Wildman–Crippen MR) is 76.2 cm³/mol. The number of rotatable bonds is 2. The van der Waals surface area contributed by atoms with Crippen LogP contribution in [0.15, 0.2) is 42.5 Å². The Balaban J connectivity index is 1.83. The standard InChI is InChI=1S/C17H17N/c1-2-6-14(7-3-1)10-12-16-13-11-15-8-4-5-9-17(15)18-16/h1-3,6-7,10-13H,4-5,8-9H2. The number of benzene rings is 1. The third-order valence-electron chi connectivity index (χ3n) is 3.45. The maximum Gasteiger partial charge on any atom is 0.0633 e. The molecule has 1 nitrogen and oxygen atoms in total. The Morgan fingerprint density at radius 3 is 2.56 bits per heavy atom. The van der Waals surface area contributed by atoms with Gasteiger partial charge >= 0.3 is 0 Å². The number of aromatic nitrogens is 1. The van der Waals surface area contributed by atoms with Crippen molar-refractivity contribution in [1.29, 1.82) is 0 Å². The SMILES string of the molecule is C(=Cc1ccc2c(n1)CCCC2)c1ccccc1. The van der Waals surface area contributed by atoms with Crippen molar-refractivity contribution in [1.82, 2.24) is 4.98 Å². The molecule has 0 saturated carbocycles. The van der Waals surface area contributed by atoms with Gasteiger partial charge in [0.25, 0.3) is 0 Å². The van der Waals surface area contributed by atoms with Gasteiger partial charge in [0.2, 0.25) is 0 Å². The molecule has 3 rings (SSSR count). The Labute approximate surface area is 108 Å². The first kappa shape index (κ1) is 11.2. The average Bonchev–Trinajstić information content (AvgIpc) is 2.46. The van der Waals surface area contributed by atoms with E-state index in [1.165, 1.54) is 36.1 Å². The first-order chi connectivity index (χ1) is 8.92. The molecule has 1 heterocycles. The molecule has 1 aliphatic carbocycles. The molecule has 0 spiro atoms. The van der Waals surface area contributed by atoms with E-state index in [1.807, 2.05) is 6.07 Å². The van der Waals surface area contributed by atoms with Crippen LogP contribution < -0.4 is 0 Å². The second kappa shape index (κ2) is 5.18. The van der Waals surface area contributed by atoms with Crippen molar-refractivity contribution in [3.8, 4) is 0 Å². The predicted octanol–water partition coefficient (Wildman–Crippen LogP) is 4.13. The summed E-state index contributed by atoms with van der Waals surface area (Å²) in [6, 6.07) is 14.7. The van der Waals surface area contributed by atoms with Crippen LogP contribution in [0.1, 0.15) is 35.4 Å². The largest absolute Gasteiger partial charge is 0.253 e. The van der Waals surface area contributed by atoms with Crippen molar-refractivity contribution in [3.63, 3.8) is 0 Å². The van der Waals surface area contributed by atoms with E-state index in [4.69, 9.17) is 4.98 Å². The minimum Gasteiger partial charge on any atom is -0.253 e. The summed E-state index contributed by atoms with van der Waals surface area (Å²) in [6.07, 6.45) is 9.16. The molecule has 18 heavy (non-hydrogen) atoms. The van der Waals surface area contributed by atoms with Gasteiger partial charge < -0.3 is 0 Å². The summed E-state index contributed by atoms with van der Waals surface area (Å²) in [6.45, 7) is 0. The van der Waals surface area contributed by atoms with Gasteiger partial charge in [-0.05, 0) is 49.0 Å². The Morgan fingerprint density at radius 2 is 1.67 bits per heavy atom. The van der Waals surface area contributed by atoms with Gasteiger partial charge in [0.15, 0.2) is 0 Å². The van der Waals surface area contributed by atoms with Crippen molar-refractivity contribution in [2.45, 2.75) is 25.7 Å². The molecule has 1 aliphatic rings. The molecule has 0 aliphatic heterocycles. The van der Waals surface area contributed by atoms with E-state index in [0.29, 0.717) is 0 Å². The van der Waals surface area contributed by atoms with Gasteiger partial charge in [-0.2, -0.15) is 0 Å². The quantitative estimate of drug-likeness (QED) is 0.762. The second-order valence-corrected chi connectivity index (χ2v) is 4.79. The number of hydrogen-bond acceptors (Lipinski definition) is 1. The summed E-state index contributed by atoms with van der Waals surface area (Å²) >= 11 is 0. The number of fused-ring (bicyclic) bond motifs is 1. The van der Waals surface area contributed by atoms with Crippen LogP contribution in [0.2, 0.25) is 0 Å². The van der Waals surface area contributed by atoms with Crippen molar-refractivity contribution < 1.29 is 0 Å². The van der Waals surface area contributed by atoms with E-state index < -0.39 is 0 Å². The highest BCUT2D eigenvalue weighted by Gasteiger charge is 2.09. The molecule has 0 fully saturated rings. The van der Waals surface area contributed by atoms with Crippen molar-refractivity contribution in [3.05, 3.63) is 65.0 Å². The smallest absolute Gasteiger partial charge is 0.0633 e. The van der Waals surface area contributed by atoms with Crippen LogP contribution in [0.25, 0.3) is 12.2 Å². The van der Waals surface area contributed by atoms with Crippen molar-refractivity contribution in [2.24, 2.45) is 0 Å². The first-order valence-electron chi connectivity index (χ1n) is 6.64. The lowest BCUT2D eigenvalue weighted by atomic mass is 9.96. The molecule has 0 atom stereocenters. The van der Waals surface area contributed by atoms with E-state index in [1.54, 1.807) is 0 Å². The Hall–Kier alpha value is -1.89. The highest BCUT2D eigenvalue weighted by Crippen LogP contribution is 2.20. The zero-order valence-electron chi connectivity index (χ0n) is 10.5. The normalized spacial score (nSPS) is 14.7. The fourth-order valence-corrected chi connectivity index (χ4v) is 2.44. The third kappa shape index (κ3) is 2.51. The minimum atomic E-state index is 1.07. The molecule has 1 heteroatoms. The van der Waals surface area contributed by atoms with Crippen molar-refractivity contribution >= 4 is 12.2 Å². The zero-order valence-corrected chi connectivity index (χ0v) is 10.5. The van der Waals surface area contributed by atoms with Crippen LogP contribution in [0.3, 0.4) is 0 Å². The minimum absolute atomic E-state index is 1.07. The fraction of sp³-hybridized carbons (Fsp3) is 0.235. The Kier molecular flexibility index (Phi) is 3.22. The maximum absolute atomic E-state index is 4.74. The summed E-state index contributed by atoms with van der Waals surface area (Å²) < 4.78 is 0. The molecule has 90 valence electrons. The maximum atomic E-state index is 4.74. The van der Waals surface area contributed by atoms with Crippen LogP contribution >= 0.6 is 0 Å². The first-order valence-corrected chi connectivity index (χ1v) is 6.64. The molecule has 0 unspecified atom stereocenters. The zero-order chi connectivity index (χ0) is 12.2. The highest BCUT2D eigenvalue weighted by atomic mass is 14.7. The van der Waals surface area contributed by atoms with Gasteiger partial charge in [0.05, 0.1) is 5.69 Å². The Bertz CT molecular complexity index is 555. The Morgan fingerprint density at radius 1 is 0.833 bits per heavy atom. The number of aryl methyl sites for hydroxylation is 2. The van der Waals surface area contributed by atoms with Crippen LogP contribution in [-0.4, -0.2) is 4.98 Å². The molecule has 0 saturated heterocycles. The monoisotopic (exact) mass is 235 g/mol. The molecule has 0 radical (unpaired) electrons. The van der Waals surface area contributed by atoms with E-state index >= 15 is 0 Å². The van der Waals surface area contributed by atoms with Crippen LogP contribution in [0.5, 0.6) is 0 Å². The van der Waals surface area contributed by atoms with E-state index in [-0.39, 0.29) is 0 Å². The molecule has 0 amide bonds. The number of nitrogens with zero attached hydrogens (tertiary/aromatic N) is 1. The topological polar surface area (TPSA) is 12.9 Å². The number of pyridine rings is 1. The van der Waals surface area contributed by atoms with Crippen molar-refractivity contribution in [2.75, 3.05) is 0 Å². The van der Waals surface area contributed by atoms with E-state index in [0.717, 1.165) is 12.1 Å². The van der Waals surface area contributed by atoms with Gasteiger partial charge in [-0.1, -0.05) is 42.5 Å². The molecule has 1 aromatic carbocycles. The summed E-state index contributed by atoms with van der Waals surface area (Å²) in [4.78, 5) is 4.74. The van der Waals surface area contributed by atoms with Crippen LogP contribution in [0.4, 0.5) is 0 Å². The molecule has 0 N–H and O–H groups in total. The molecule has 1 aromatic heterocycles. The van der Waals surface area contributed by atoms with E-state index in [2.05, 4.69) is 48.6 Å². The van der Waals surface area contributed by atoms with Gasteiger partial charge in [0, 0.05) is 5.69 Å². The van der Waals surface area contributed by atoms with Gasteiger partial charge in [-0.15, -0.1) is 0 Å². The van der Waals surface area contributed by atoms with Crippen LogP contribution in [0, 0.1) is 0 Å². The lowest BCUT2D eigenvalue weighted by molar-refractivity contribution is 0.667. The fourth-order valence-electron chi connectivity index (χ4n) is 2.44. The third-order valence-corrected chi connectivity index (χ3v) is 3.45. The summed E-state index contributed by atoms with van der Waals surface area (Å²) in [5, 5.41) is 0. The summed E-state index contributed by atoms with van der Waals surface area (Å²) in [7, 11) is 0. The lowest BCUT2D eigenvalue weighted by Crippen LogP contribution is -2.05. The average molecular weight is 235 g/mol. The number of hydrogen-bond donors (Lipinski definition) is 0. The molecule has 2 aromatic rings. The van der Waals surface area contributed by atoms with Gasteiger partial charge in [-0.3, -0.25) is 4.98 Å². The molecule has 0 bridgehead atoms. The van der Waals surface area contributed by atoms with E-state index in [9.17, 15) is 0 Å². The molecular weight excluding hydrogens is 218 g/mol.